The molecule has 1 unspecified atom stereocenters. The van der Waals surface area contributed by atoms with E-state index in [1.54, 1.807) is 0 Å². The number of hydrogen-bond donors (Lipinski definition) is 1. The molecule has 1 aromatic carbocycles. The van der Waals surface area contributed by atoms with E-state index in [2.05, 4.69) is 45.5 Å². The Morgan fingerprint density at radius 3 is 2.27 bits per heavy atom. The molecule has 15 heavy (non-hydrogen) atoms. The summed E-state index contributed by atoms with van der Waals surface area (Å²) in [6.45, 7) is 0. The Kier molecular flexibility index (Phi) is 2.57. The van der Waals surface area contributed by atoms with Gasteiger partial charge in [0.1, 0.15) is 0 Å². The maximum Gasteiger partial charge on any atom is 0.0351 e. The first-order chi connectivity index (χ1) is 7.33. The van der Waals surface area contributed by atoms with Crippen LogP contribution in [0, 0.1) is 5.92 Å². The Labute approximate surface area is 99.4 Å². The van der Waals surface area contributed by atoms with Gasteiger partial charge in [0.15, 0.2) is 0 Å². The summed E-state index contributed by atoms with van der Waals surface area (Å²) in [6, 6.07) is 10.2. The van der Waals surface area contributed by atoms with Gasteiger partial charge in [-0.1, -0.05) is 28.1 Å². The van der Waals surface area contributed by atoms with Crippen molar-refractivity contribution in [2.75, 3.05) is 0 Å². The zero-order chi connectivity index (χ0) is 10.3. The van der Waals surface area contributed by atoms with Gasteiger partial charge in [-0.15, -0.1) is 0 Å². The molecule has 0 heterocycles. The molecule has 0 saturated heterocycles. The van der Waals surface area contributed by atoms with Crippen molar-refractivity contribution < 1.29 is 0 Å². The topological polar surface area (TPSA) is 12.0 Å². The van der Waals surface area contributed by atoms with Gasteiger partial charge in [-0.2, -0.15) is 0 Å². The highest BCUT2D eigenvalue weighted by Gasteiger charge is 2.35. The van der Waals surface area contributed by atoms with Gasteiger partial charge < -0.3 is 5.32 Å². The molecule has 2 heteroatoms. The van der Waals surface area contributed by atoms with Gasteiger partial charge in [-0.05, 0) is 49.3 Å². The third-order valence-electron chi connectivity index (χ3n) is 3.32. The SMILES string of the molecule is Brc1ccc(C(NC2CC2)C2CC2)cc1. The Morgan fingerprint density at radius 1 is 1.07 bits per heavy atom. The molecule has 1 N–H and O–H groups in total. The van der Waals surface area contributed by atoms with Crippen LogP contribution < -0.4 is 5.32 Å². The predicted molar refractivity (Wildman–Crippen MR) is 65.8 cm³/mol. The lowest BCUT2D eigenvalue weighted by atomic mass is 10.0. The molecule has 2 saturated carbocycles. The van der Waals surface area contributed by atoms with Crippen LogP contribution in [-0.4, -0.2) is 6.04 Å². The van der Waals surface area contributed by atoms with Crippen LogP contribution >= 0.6 is 15.9 Å². The lowest BCUT2D eigenvalue weighted by Crippen LogP contribution is -2.24. The molecule has 3 rings (SSSR count). The molecule has 80 valence electrons. The molecular formula is C13H16BrN. The Bertz CT molecular complexity index is 338. The van der Waals surface area contributed by atoms with Gasteiger partial charge in [0.2, 0.25) is 0 Å². The van der Waals surface area contributed by atoms with Crippen molar-refractivity contribution in [3.8, 4) is 0 Å². The molecule has 0 radical (unpaired) electrons. The molecule has 2 fully saturated rings. The molecule has 2 aliphatic rings. The summed E-state index contributed by atoms with van der Waals surface area (Å²) in [5, 5.41) is 3.77. The van der Waals surface area contributed by atoms with Gasteiger partial charge in [-0.3, -0.25) is 0 Å². The normalized spacial score (nSPS) is 22.7. The highest BCUT2D eigenvalue weighted by atomic mass is 79.9. The van der Waals surface area contributed by atoms with E-state index in [9.17, 15) is 0 Å². The molecule has 0 aliphatic heterocycles. The minimum Gasteiger partial charge on any atom is -0.307 e. The maximum absolute atomic E-state index is 3.77. The number of hydrogen-bond acceptors (Lipinski definition) is 1. The van der Waals surface area contributed by atoms with E-state index in [1.165, 1.54) is 35.7 Å². The van der Waals surface area contributed by atoms with E-state index in [0.29, 0.717) is 6.04 Å². The third kappa shape index (κ3) is 2.43. The van der Waals surface area contributed by atoms with Crippen LogP contribution in [0.25, 0.3) is 0 Å². The van der Waals surface area contributed by atoms with E-state index in [-0.39, 0.29) is 0 Å². The van der Waals surface area contributed by atoms with Crippen LogP contribution in [0.15, 0.2) is 28.7 Å². The van der Waals surface area contributed by atoms with Crippen LogP contribution in [0.2, 0.25) is 0 Å². The minimum atomic E-state index is 0.616. The third-order valence-corrected chi connectivity index (χ3v) is 3.84. The van der Waals surface area contributed by atoms with E-state index in [0.717, 1.165) is 12.0 Å². The highest BCUT2D eigenvalue weighted by Crippen LogP contribution is 2.42. The molecule has 1 aromatic rings. The number of halogens is 1. The standard InChI is InChI=1S/C13H16BrN/c14-11-5-3-10(4-6-11)13(9-1-2-9)15-12-7-8-12/h3-6,9,12-13,15H,1-2,7-8H2. The summed E-state index contributed by atoms with van der Waals surface area (Å²) in [5.74, 6) is 0.895. The van der Waals surface area contributed by atoms with Gasteiger partial charge in [0.25, 0.3) is 0 Å². The summed E-state index contributed by atoms with van der Waals surface area (Å²) in [7, 11) is 0. The summed E-state index contributed by atoms with van der Waals surface area (Å²) in [6.07, 6.45) is 5.56. The van der Waals surface area contributed by atoms with Crippen molar-refractivity contribution in [3.05, 3.63) is 34.3 Å². The minimum absolute atomic E-state index is 0.616. The molecular weight excluding hydrogens is 250 g/mol. The van der Waals surface area contributed by atoms with Gasteiger partial charge in [0.05, 0.1) is 0 Å². The summed E-state index contributed by atoms with van der Waals surface area (Å²) in [5.41, 5.74) is 1.47. The van der Waals surface area contributed by atoms with Crippen molar-refractivity contribution >= 4 is 15.9 Å². The fourth-order valence-corrected chi connectivity index (χ4v) is 2.37. The van der Waals surface area contributed by atoms with Crippen molar-refractivity contribution in [1.29, 1.82) is 0 Å². The van der Waals surface area contributed by atoms with Gasteiger partial charge in [0, 0.05) is 16.6 Å². The second kappa shape index (κ2) is 3.91. The second-order valence-corrected chi connectivity index (χ2v) is 5.72. The zero-order valence-electron chi connectivity index (χ0n) is 8.75. The van der Waals surface area contributed by atoms with Crippen molar-refractivity contribution in [3.63, 3.8) is 0 Å². The van der Waals surface area contributed by atoms with Crippen LogP contribution in [0.5, 0.6) is 0 Å². The summed E-state index contributed by atoms with van der Waals surface area (Å²) < 4.78 is 1.17. The summed E-state index contributed by atoms with van der Waals surface area (Å²) in [4.78, 5) is 0. The lowest BCUT2D eigenvalue weighted by Gasteiger charge is -2.18. The number of rotatable bonds is 4. The lowest BCUT2D eigenvalue weighted by molar-refractivity contribution is 0.478. The fraction of sp³-hybridized carbons (Fsp3) is 0.538. The first-order valence-electron chi connectivity index (χ1n) is 5.84. The highest BCUT2D eigenvalue weighted by molar-refractivity contribution is 9.10. The first kappa shape index (κ1) is 9.86. The number of benzene rings is 1. The molecule has 1 nitrogen and oxygen atoms in total. The van der Waals surface area contributed by atoms with E-state index in [1.807, 2.05) is 0 Å². The van der Waals surface area contributed by atoms with Crippen LogP contribution in [0.4, 0.5) is 0 Å². The largest absolute Gasteiger partial charge is 0.307 e. The second-order valence-electron chi connectivity index (χ2n) is 4.81. The van der Waals surface area contributed by atoms with Crippen molar-refractivity contribution in [1.82, 2.24) is 5.32 Å². The van der Waals surface area contributed by atoms with E-state index < -0.39 is 0 Å². The quantitative estimate of drug-likeness (QED) is 0.877. The summed E-state index contributed by atoms with van der Waals surface area (Å²) >= 11 is 3.49. The molecule has 0 spiro atoms. The van der Waals surface area contributed by atoms with E-state index in [4.69, 9.17) is 0 Å². The smallest absolute Gasteiger partial charge is 0.0351 e. The van der Waals surface area contributed by atoms with Crippen LogP contribution in [0.3, 0.4) is 0 Å². The van der Waals surface area contributed by atoms with Crippen LogP contribution in [-0.2, 0) is 0 Å². The first-order valence-corrected chi connectivity index (χ1v) is 6.64. The molecule has 0 amide bonds. The maximum atomic E-state index is 3.77. The monoisotopic (exact) mass is 265 g/mol. The Balaban J connectivity index is 1.77. The van der Waals surface area contributed by atoms with Gasteiger partial charge >= 0.3 is 0 Å². The van der Waals surface area contributed by atoms with E-state index >= 15 is 0 Å². The predicted octanol–water partition coefficient (Wildman–Crippen LogP) is 3.65. The Morgan fingerprint density at radius 2 is 1.73 bits per heavy atom. The number of nitrogens with one attached hydrogen (secondary N) is 1. The average molecular weight is 266 g/mol. The molecule has 0 bridgehead atoms. The fourth-order valence-electron chi connectivity index (χ4n) is 2.11. The zero-order valence-corrected chi connectivity index (χ0v) is 10.3. The van der Waals surface area contributed by atoms with Gasteiger partial charge in [-0.25, -0.2) is 0 Å². The average Bonchev–Trinajstić information content (AvgIpc) is 3.10. The van der Waals surface area contributed by atoms with Crippen molar-refractivity contribution in [2.45, 2.75) is 37.8 Å². The van der Waals surface area contributed by atoms with Crippen molar-refractivity contribution in [2.24, 2.45) is 5.92 Å². The molecule has 0 aromatic heterocycles. The molecule has 2 aliphatic carbocycles. The van der Waals surface area contributed by atoms with Crippen LogP contribution in [0.1, 0.15) is 37.3 Å². The Hall–Kier alpha value is -0.340. The molecule has 1 atom stereocenters.